The van der Waals surface area contributed by atoms with E-state index >= 15 is 0 Å². The predicted molar refractivity (Wildman–Crippen MR) is 77.6 cm³/mol. The molecule has 1 heterocycles. The molecule has 7 heteroatoms. The summed E-state index contributed by atoms with van der Waals surface area (Å²) in [6.45, 7) is 2.14. The van der Waals surface area contributed by atoms with E-state index in [-0.39, 0.29) is 18.0 Å². The molecule has 0 amide bonds. The van der Waals surface area contributed by atoms with Crippen molar-refractivity contribution in [1.29, 1.82) is 0 Å². The lowest BCUT2D eigenvalue weighted by Crippen LogP contribution is -2.23. The summed E-state index contributed by atoms with van der Waals surface area (Å²) in [6, 6.07) is 6.35. The van der Waals surface area contributed by atoms with E-state index < -0.39 is 10.0 Å². The molecule has 0 atom stereocenters. The molecule has 110 valence electrons. The van der Waals surface area contributed by atoms with Gasteiger partial charge in [0.1, 0.15) is 6.26 Å². The molecule has 0 aliphatic rings. The normalized spacial score (nSPS) is 11.0. The molecule has 0 fully saturated rings. The number of sulfonamides is 1. The zero-order chi connectivity index (χ0) is 15.3. The molecule has 0 radical (unpaired) electrons. The van der Waals surface area contributed by atoms with Crippen molar-refractivity contribution < 1.29 is 12.9 Å². The van der Waals surface area contributed by atoms with Gasteiger partial charge < -0.3 is 10.3 Å². The first-order valence-corrected chi connectivity index (χ1v) is 7.70. The highest BCUT2D eigenvalue weighted by Crippen LogP contribution is 2.15. The lowest BCUT2D eigenvalue weighted by molar-refractivity contribution is 0.411. The van der Waals surface area contributed by atoms with Crippen molar-refractivity contribution in [2.75, 3.05) is 6.54 Å². The highest BCUT2D eigenvalue weighted by atomic mass is 32.2. The van der Waals surface area contributed by atoms with Crippen molar-refractivity contribution in [3.63, 3.8) is 0 Å². The second-order valence-electron chi connectivity index (χ2n) is 4.30. The number of aryl methyl sites for hydroxylation is 1. The standard InChI is InChI=1S/C14H15N3O3S/c1-11-9-14(5-4-12(11)3-2-7-15)21(18,19)16-10-13-6-8-20-17-13/h4-6,8-9,16H,7,10,15H2,1H3. The second-order valence-corrected chi connectivity index (χ2v) is 6.06. The molecule has 0 aliphatic carbocycles. The van der Waals surface area contributed by atoms with Crippen LogP contribution >= 0.6 is 0 Å². The highest BCUT2D eigenvalue weighted by Gasteiger charge is 2.15. The van der Waals surface area contributed by atoms with Crippen molar-refractivity contribution in [3.8, 4) is 11.8 Å². The van der Waals surface area contributed by atoms with Gasteiger partial charge in [-0.3, -0.25) is 0 Å². The number of nitrogens with zero attached hydrogens (tertiary/aromatic N) is 1. The van der Waals surface area contributed by atoms with Gasteiger partial charge in [-0.2, -0.15) is 0 Å². The smallest absolute Gasteiger partial charge is 0.240 e. The molecule has 0 spiro atoms. The quantitative estimate of drug-likeness (QED) is 0.813. The van der Waals surface area contributed by atoms with E-state index in [0.29, 0.717) is 5.69 Å². The third-order valence-corrected chi connectivity index (χ3v) is 4.17. The van der Waals surface area contributed by atoms with Gasteiger partial charge in [0.15, 0.2) is 0 Å². The molecular formula is C14H15N3O3S. The Morgan fingerprint density at radius 1 is 1.38 bits per heavy atom. The molecule has 0 bridgehead atoms. The fourth-order valence-corrected chi connectivity index (χ4v) is 2.75. The summed E-state index contributed by atoms with van der Waals surface area (Å²) in [7, 11) is -3.60. The van der Waals surface area contributed by atoms with Crippen molar-refractivity contribution in [2.24, 2.45) is 5.73 Å². The Labute approximate surface area is 123 Å². The predicted octanol–water partition coefficient (Wildman–Crippen LogP) is 0.772. The summed E-state index contributed by atoms with van der Waals surface area (Å²) in [5.41, 5.74) is 7.37. The van der Waals surface area contributed by atoms with Crippen LogP contribution in [-0.2, 0) is 16.6 Å². The van der Waals surface area contributed by atoms with Crippen LogP contribution in [0.2, 0.25) is 0 Å². The summed E-state index contributed by atoms with van der Waals surface area (Å²) >= 11 is 0. The van der Waals surface area contributed by atoms with Crippen LogP contribution in [0.15, 0.2) is 39.9 Å². The van der Waals surface area contributed by atoms with Gasteiger partial charge in [-0.05, 0) is 30.7 Å². The van der Waals surface area contributed by atoms with Gasteiger partial charge in [-0.15, -0.1) is 0 Å². The molecule has 6 nitrogen and oxygen atoms in total. The maximum absolute atomic E-state index is 12.2. The number of nitrogens with two attached hydrogens (primary N) is 1. The minimum Gasteiger partial charge on any atom is -0.364 e. The van der Waals surface area contributed by atoms with E-state index in [1.54, 1.807) is 25.1 Å². The fourth-order valence-electron chi connectivity index (χ4n) is 1.67. The SMILES string of the molecule is Cc1cc(S(=O)(=O)NCc2ccon2)ccc1C#CCN. The monoisotopic (exact) mass is 305 g/mol. The minimum atomic E-state index is -3.60. The number of hydrogen-bond donors (Lipinski definition) is 2. The lowest BCUT2D eigenvalue weighted by Gasteiger charge is -2.07. The Morgan fingerprint density at radius 2 is 2.19 bits per heavy atom. The Kier molecular flexibility index (Phi) is 4.75. The van der Waals surface area contributed by atoms with Crippen molar-refractivity contribution in [2.45, 2.75) is 18.4 Å². The van der Waals surface area contributed by atoms with Crippen molar-refractivity contribution in [3.05, 3.63) is 47.3 Å². The van der Waals surface area contributed by atoms with Gasteiger partial charge in [-0.25, -0.2) is 13.1 Å². The number of hydrogen-bond acceptors (Lipinski definition) is 5. The molecule has 0 saturated carbocycles. The number of benzene rings is 1. The molecule has 2 aromatic rings. The molecule has 1 aromatic carbocycles. The Balaban J connectivity index is 2.18. The number of nitrogens with one attached hydrogen (secondary N) is 1. The Morgan fingerprint density at radius 3 is 2.81 bits per heavy atom. The summed E-state index contributed by atoms with van der Waals surface area (Å²) in [6.07, 6.45) is 1.39. The first-order chi connectivity index (χ1) is 10.0. The van der Waals surface area contributed by atoms with Crippen LogP contribution in [0.25, 0.3) is 0 Å². The first-order valence-electron chi connectivity index (χ1n) is 6.21. The molecule has 1 aromatic heterocycles. The van der Waals surface area contributed by atoms with E-state index in [1.807, 2.05) is 0 Å². The largest absolute Gasteiger partial charge is 0.364 e. The van der Waals surface area contributed by atoms with Gasteiger partial charge in [-0.1, -0.05) is 17.0 Å². The van der Waals surface area contributed by atoms with Gasteiger partial charge in [0.05, 0.1) is 23.7 Å². The maximum Gasteiger partial charge on any atom is 0.240 e. The van der Waals surface area contributed by atoms with Crippen molar-refractivity contribution in [1.82, 2.24) is 9.88 Å². The van der Waals surface area contributed by atoms with Crippen LogP contribution < -0.4 is 10.5 Å². The Bertz CT molecular complexity index is 772. The van der Waals surface area contributed by atoms with Crippen LogP contribution in [0, 0.1) is 18.8 Å². The van der Waals surface area contributed by atoms with Crippen LogP contribution in [-0.4, -0.2) is 20.1 Å². The molecular weight excluding hydrogens is 290 g/mol. The number of aromatic nitrogens is 1. The summed E-state index contributed by atoms with van der Waals surface area (Å²) in [5.74, 6) is 5.63. The van der Waals surface area contributed by atoms with Gasteiger partial charge in [0, 0.05) is 11.6 Å². The van der Waals surface area contributed by atoms with Crippen LogP contribution in [0.1, 0.15) is 16.8 Å². The minimum absolute atomic E-state index is 0.0760. The Hall–Kier alpha value is -2.14. The number of rotatable bonds is 4. The van der Waals surface area contributed by atoms with Crippen LogP contribution in [0.5, 0.6) is 0 Å². The van der Waals surface area contributed by atoms with E-state index in [0.717, 1.165) is 11.1 Å². The van der Waals surface area contributed by atoms with E-state index in [1.165, 1.54) is 12.3 Å². The fraction of sp³-hybridized carbons (Fsp3) is 0.214. The first kappa shape index (κ1) is 15.3. The molecule has 2 rings (SSSR count). The molecule has 0 unspecified atom stereocenters. The molecule has 21 heavy (non-hydrogen) atoms. The highest BCUT2D eigenvalue weighted by molar-refractivity contribution is 7.89. The van der Waals surface area contributed by atoms with E-state index in [2.05, 4.69) is 26.2 Å². The average molecular weight is 305 g/mol. The van der Waals surface area contributed by atoms with E-state index in [4.69, 9.17) is 5.73 Å². The third-order valence-electron chi connectivity index (χ3n) is 2.77. The van der Waals surface area contributed by atoms with Crippen molar-refractivity contribution >= 4 is 10.0 Å². The molecule has 3 N–H and O–H groups in total. The van der Waals surface area contributed by atoms with E-state index in [9.17, 15) is 8.42 Å². The second kappa shape index (κ2) is 6.54. The van der Waals surface area contributed by atoms with Gasteiger partial charge in [0.2, 0.25) is 10.0 Å². The summed E-state index contributed by atoms with van der Waals surface area (Å²) < 4.78 is 31.5. The zero-order valence-electron chi connectivity index (χ0n) is 11.5. The van der Waals surface area contributed by atoms with Crippen LogP contribution in [0.4, 0.5) is 0 Å². The molecule has 0 saturated heterocycles. The summed E-state index contributed by atoms with van der Waals surface area (Å²) in [5, 5.41) is 3.65. The van der Waals surface area contributed by atoms with Crippen LogP contribution in [0.3, 0.4) is 0 Å². The summed E-state index contributed by atoms with van der Waals surface area (Å²) in [4.78, 5) is 0.182. The topological polar surface area (TPSA) is 98.2 Å². The lowest BCUT2D eigenvalue weighted by atomic mass is 10.1. The third kappa shape index (κ3) is 3.92. The maximum atomic E-state index is 12.2. The molecule has 0 aliphatic heterocycles. The zero-order valence-corrected chi connectivity index (χ0v) is 12.3. The van der Waals surface area contributed by atoms with Gasteiger partial charge in [0.25, 0.3) is 0 Å². The average Bonchev–Trinajstić information content (AvgIpc) is 2.97. The van der Waals surface area contributed by atoms with Gasteiger partial charge >= 0.3 is 0 Å².